The highest BCUT2D eigenvalue weighted by Gasteiger charge is 2.10. The van der Waals surface area contributed by atoms with Gasteiger partial charge in [-0.2, -0.15) is 0 Å². The summed E-state index contributed by atoms with van der Waals surface area (Å²) in [4.78, 5) is 11.0. The first-order chi connectivity index (χ1) is 8.77. The standard InChI is InChI=1S/C14H22N4/c1-12-7-6-8-16-13(12)11-17-14(15)18-9-4-2-3-5-10-18/h6-8H,2-5,9-11H2,1H3,(H2,15,17). The van der Waals surface area contributed by atoms with Crippen LogP contribution in [0.25, 0.3) is 0 Å². The molecule has 0 aliphatic carbocycles. The number of likely N-dealkylation sites (tertiary alicyclic amines) is 1. The van der Waals surface area contributed by atoms with Crippen LogP contribution in [-0.4, -0.2) is 28.9 Å². The molecule has 0 atom stereocenters. The highest BCUT2D eigenvalue weighted by atomic mass is 15.2. The lowest BCUT2D eigenvalue weighted by atomic mass is 10.2. The van der Waals surface area contributed by atoms with E-state index in [1.165, 1.54) is 31.2 Å². The molecule has 4 nitrogen and oxygen atoms in total. The van der Waals surface area contributed by atoms with Gasteiger partial charge in [0.15, 0.2) is 5.96 Å². The summed E-state index contributed by atoms with van der Waals surface area (Å²) >= 11 is 0. The highest BCUT2D eigenvalue weighted by molar-refractivity contribution is 5.78. The second-order valence-electron chi connectivity index (χ2n) is 4.84. The number of nitrogens with two attached hydrogens (primary N) is 1. The number of nitrogens with zero attached hydrogens (tertiary/aromatic N) is 3. The van der Waals surface area contributed by atoms with Crippen molar-refractivity contribution < 1.29 is 0 Å². The predicted octanol–water partition coefficient (Wildman–Crippen LogP) is 2.08. The van der Waals surface area contributed by atoms with Crippen LogP contribution in [0.3, 0.4) is 0 Å². The Kier molecular flexibility index (Phi) is 4.56. The highest BCUT2D eigenvalue weighted by Crippen LogP contribution is 2.10. The molecule has 0 spiro atoms. The summed E-state index contributed by atoms with van der Waals surface area (Å²) in [6.45, 7) is 4.71. The molecule has 1 aromatic heterocycles. The van der Waals surface area contributed by atoms with Gasteiger partial charge in [-0.3, -0.25) is 4.98 Å². The van der Waals surface area contributed by atoms with Gasteiger partial charge < -0.3 is 10.6 Å². The van der Waals surface area contributed by atoms with Crippen LogP contribution in [0, 0.1) is 6.92 Å². The smallest absolute Gasteiger partial charge is 0.191 e. The first kappa shape index (κ1) is 12.9. The van der Waals surface area contributed by atoms with Gasteiger partial charge in [-0.1, -0.05) is 18.9 Å². The monoisotopic (exact) mass is 246 g/mol. The van der Waals surface area contributed by atoms with Crippen LogP contribution in [0.1, 0.15) is 36.9 Å². The van der Waals surface area contributed by atoms with E-state index in [4.69, 9.17) is 5.73 Å². The first-order valence-electron chi connectivity index (χ1n) is 6.73. The Labute approximate surface area is 109 Å². The Morgan fingerprint density at radius 2 is 2.06 bits per heavy atom. The van der Waals surface area contributed by atoms with Crippen molar-refractivity contribution in [2.75, 3.05) is 13.1 Å². The van der Waals surface area contributed by atoms with Gasteiger partial charge in [-0.05, 0) is 31.4 Å². The molecular formula is C14H22N4. The quantitative estimate of drug-likeness (QED) is 0.642. The number of hydrogen-bond acceptors (Lipinski definition) is 2. The average Bonchev–Trinajstić information content (AvgIpc) is 2.66. The summed E-state index contributed by atoms with van der Waals surface area (Å²) < 4.78 is 0. The fourth-order valence-electron chi connectivity index (χ4n) is 2.24. The zero-order valence-electron chi connectivity index (χ0n) is 11.1. The summed E-state index contributed by atoms with van der Waals surface area (Å²) in [5.41, 5.74) is 8.24. The van der Waals surface area contributed by atoms with Crippen molar-refractivity contribution in [1.29, 1.82) is 0 Å². The third kappa shape index (κ3) is 3.45. The molecule has 1 fully saturated rings. The molecule has 0 amide bonds. The van der Waals surface area contributed by atoms with E-state index in [1.807, 2.05) is 6.07 Å². The van der Waals surface area contributed by atoms with Crippen LogP contribution >= 0.6 is 0 Å². The van der Waals surface area contributed by atoms with Gasteiger partial charge in [-0.25, -0.2) is 4.99 Å². The lowest BCUT2D eigenvalue weighted by molar-refractivity contribution is 0.428. The molecule has 0 saturated carbocycles. The molecule has 0 bridgehead atoms. The third-order valence-electron chi connectivity index (χ3n) is 3.44. The molecule has 0 aromatic carbocycles. The molecule has 1 aliphatic rings. The number of aromatic nitrogens is 1. The Morgan fingerprint density at radius 1 is 1.33 bits per heavy atom. The molecule has 98 valence electrons. The maximum atomic E-state index is 6.06. The second kappa shape index (κ2) is 6.38. The Hall–Kier alpha value is -1.58. The van der Waals surface area contributed by atoms with E-state index in [-0.39, 0.29) is 0 Å². The molecule has 1 aliphatic heterocycles. The van der Waals surface area contributed by atoms with Gasteiger partial charge in [0.05, 0.1) is 12.2 Å². The van der Waals surface area contributed by atoms with Gasteiger partial charge >= 0.3 is 0 Å². The average molecular weight is 246 g/mol. The van der Waals surface area contributed by atoms with Crippen LogP contribution < -0.4 is 5.73 Å². The van der Waals surface area contributed by atoms with Crippen molar-refractivity contribution in [3.05, 3.63) is 29.6 Å². The van der Waals surface area contributed by atoms with E-state index >= 15 is 0 Å². The number of hydrogen-bond donors (Lipinski definition) is 1. The van der Waals surface area contributed by atoms with E-state index in [9.17, 15) is 0 Å². The molecule has 0 radical (unpaired) electrons. The summed E-state index contributed by atoms with van der Waals surface area (Å²) in [5.74, 6) is 0.668. The number of aryl methyl sites for hydroxylation is 1. The maximum Gasteiger partial charge on any atom is 0.191 e. The van der Waals surface area contributed by atoms with Crippen molar-refractivity contribution in [3.8, 4) is 0 Å². The number of aliphatic imine (C=N–C) groups is 1. The van der Waals surface area contributed by atoms with Crippen molar-refractivity contribution in [3.63, 3.8) is 0 Å². The maximum absolute atomic E-state index is 6.06. The van der Waals surface area contributed by atoms with Gasteiger partial charge in [-0.15, -0.1) is 0 Å². The summed E-state index contributed by atoms with van der Waals surface area (Å²) in [6, 6.07) is 4.00. The minimum absolute atomic E-state index is 0.578. The Morgan fingerprint density at radius 3 is 2.72 bits per heavy atom. The van der Waals surface area contributed by atoms with E-state index in [0.29, 0.717) is 12.5 Å². The molecule has 2 N–H and O–H groups in total. The predicted molar refractivity (Wildman–Crippen MR) is 74.3 cm³/mol. The lowest BCUT2D eigenvalue weighted by Crippen LogP contribution is -2.38. The van der Waals surface area contributed by atoms with E-state index in [1.54, 1.807) is 6.20 Å². The van der Waals surface area contributed by atoms with Gasteiger partial charge in [0.25, 0.3) is 0 Å². The van der Waals surface area contributed by atoms with Crippen molar-refractivity contribution in [2.24, 2.45) is 10.7 Å². The molecule has 4 heteroatoms. The zero-order valence-corrected chi connectivity index (χ0v) is 11.1. The first-order valence-corrected chi connectivity index (χ1v) is 6.73. The molecule has 1 aromatic rings. The van der Waals surface area contributed by atoms with Crippen molar-refractivity contribution >= 4 is 5.96 Å². The van der Waals surface area contributed by atoms with Crippen LogP contribution in [0.5, 0.6) is 0 Å². The Balaban J connectivity index is 1.97. The summed E-state index contributed by atoms with van der Waals surface area (Å²) in [5, 5.41) is 0. The fraction of sp³-hybridized carbons (Fsp3) is 0.571. The fourth-order valence-corrected chi connectivity index (χ4v) is 2.24. The number of rotatable bonds is 2. The van der Waals surface area contributed by atoms with Crippen LogP contribution in [0.15, 0.2) is 23.3 Å². The summed E-state index contributed by atoms with van der Waals surface area (Å²) in [6.07, 6.45) is 6.86. The minimum Gasteiger partial charge on any atom is -0.370 e. The van der Waals surface area contributed by atoms with Crippen LogP contribution in [0.4, 0.5) is 0 Å². The van der Waals surface area contributed by atoms with Crippen molar-refractivity contribution in [1.82, 2.24) is 9.88 Å². The summed E-state index contributed by atoms with van der Waals surface area (Å²) in [7, 11) is 0. The molecule has 2 rings (SSSR count). The van der Waals surface area contributed by atoms with Crippen molar-refractivity contribution in [2.45, 2.75) is 39.2 Å². The Bertz CT molecular complexity index is 406. The molecular weight excluding hydrogens is 224 g/mol. The molecule has 0 unspecified atom stereocenters. The van der Waals surface area contributed by atoms with Gasteiger partial charge in [0, 0.05) is 19.3 Å². The lowest BCUT2D eigenvalue weighted by Gasteiger charge is -2.21. The topological polar surface area (TPSA) is 54.5 Å². The SMILES string of the molecule is Cc1cccnc1CN=C(N)N1CCCCCC1. The number of guanidine groups is 1. The largest absolute Gasteiger partial charge is 0.370 e. The van der Waals surface area contributed by atoms with Crippen LogP contribution in [-0.2, 0) is 6.54 Å². The van der Waals surface area contributed by atoms with E-state index in [2.05, 4.69) is 27.9 Å². The second-order valence-corrected chi connectivity index (χ2v) is 4.84. The zero-order chi connectivity index (χ0) is 12.8. The van der Waals surface area contributed by atoms with E-state index < -0.39 is 0 Å². The third-order valence-corrected chi connectivity index (χ3v) is 3.44. The molecule has 1 saturated heterocycles. The minimum atomic E-state index is 0.578. The van der Waals surface area contributed by atoms with Crippen LogP contribution in [0.2, 0.25) is 0 Å². The van der Waals surface area contributed by atoms with Gasteiger partial charge in [0.2, 0.25) is 0 Å². The normalized spacial score (nSPS) is 17.6. The molecule has 18 heavy (non-hydrogen) atoms. The van der Waals surface area contributed by atoms with Gasteiger partial charge in [0.1, 0.15) is 0 Å². The van der Waals surface area contributed by atoms with E-state index in [0.717, 1.165) is 18.8 Å². The number of pyridine rings is 1. The molecule has 2 heterocycles.